The summed E-state index contributed by atoms with van der Waals surface area (Å²) in [5.41, 5.74) is -1.51. The van der Waals surface area contributed by atoms with Gasteiger partial charge >= 0.3 is 5.97 Å². The Bertz CT molecular complexity index is 1280. The summed E-state index contributed by atoms with van der Waals surface area (Å²) in [4.78, 5) is 28.9. The number of carboxylic acids is 1. The standard InChI is InChI=1S/C23H19Cl4F2N3O4/c1-31(11-5-9(24)4-10(25)6-11)19(33)15-14-7-22(28,29)8-32(14)23(16(15)20(34)35)12-2-3-13(26)17(27)18(12)30-21(23)36/h2-6,14-16,19,33H,7-8H2,1H3,(H,30,36)(H,34,35)/t14-,15+,16-,19?,23?/m1/s1. The Balaban J connectivity index is 1.70. The number of fused-ring (bicyclic) bond motifs is 4. The number of aliphatic carboxylic acids is 1. The van der Waals surface area contributed by atoms with Crippen molar-refractivity contribution in [1.29, 1.82) is 0 Å². The molecule has 13 heteroatoms. The van der Waals surface area contributed by atoms with Gasteiger partial charge in [0.1, 0.15) is 11.8 Å². The number of nitrogens with one attached hydrogen (secondary N) is 1. The molecule has 3 N–H and O–H groups in total. The smallest absolute Gasteiger partial charge is 0.309 e. The fraction of sp³-hybridized carbons (Fsp3) is 0.391. The second-order valence-electron chi connectivity index (χ2n) is 9.31. The van der Waals surface area contributed by atoms with Crippen LogP contribution >= 0.6 is 46.4 Å². The summed E-state index contributed by atoms with van der Waals surface area (Å²) < 4.78 is 29.7. The number of hydrogen-bond donors (Lipinski definition) is 3. The van der Waals surface area contributed by atoms with Crippen molar-refractivity contribution >= 4 is 69.7 Å². The number of aliphatic hydroxyl groups is 1. The lowest BCUT2D eigenvalue weighted by atomic mass is 9.73. The first kappa shape index (κ1) is 25.8. The molecule has 1 amide bonds. The van der Waals surface area contributed by atoms with Crippen molar-refractivity contribution < 1.29 is 28.6 Å². The van der Waals surface area contributed by atoms with Gasteiger partial charge in [-0.1, -0.05) is 52.5 Å². The summed E-state index contributed by atoms with van der Waals surface area (Å²) in [5, 5.41) is 25.1. The summed E-state index contributed by atoms with van der Waals surface area (Å²) >= 11 is 24.6. The molecule has 7 nitrogen and oxygen atoms in total. The second kappa shape index (κ2) is 8.58. The number of alkyl halides is 2. The molecule has 0 aromatic heterocycles. The van der Waals surface area contributed by atoms with Crippen LogP contribution < -0.4 is 10.2 Å². The molecule has 2 aromatic rings. The minimum Gasteiger partial charge on any atom is -0.481 e. The lowest BCUT2D eigenvalue weighted by molar-refractivity contribution is -0.153. The Morgan fingerprint density at radius 1 is 1.19 bits per heavy atom. The van der Waals surface area contributed by atoms with Crippen LogP contribution in [0.2, 0.25) is 20.1 Å². The molecule has 3 aliphatic rings. The Kier molecular flexibility index (Phi) is 6.14. The highest BCUT2D eigenvalue weighted by molar-refractivity contribution is 6.44. The first-order valence-corrected chi connectivity index (χ1v) is 12.3. The highest BCUT2D eigenvalue weighted by atomic mass is 35.5. The molecule has 5 rings (SSSR count). The Morgan fingerprint density at radius 2 is 1.83 bits per heavy atom. The van der Waals surface area contributed by atoms with E-state index in [1.54, 1.807) is 0 Å². The average Bonchev–Trinajstić information content (AvgIpc) is 3.35. The van der Waals surface area contributed by atoms with E-state index in [2.05, 4.69) is 5.32 Å². The number of benzene rings is 2. The highest BCUT2D eigenvalue weighted by Crippen LogP contribution is 2.61. The molecule has 2 fully saturated rings. The zero-order chi connectivity index (χ0) is 26.3. The van der Waals surface area contributed by atoms with Gasteiger partial charge in [-0.25, -0.2) is 8.78 Å². The van der Waals surface area contributed by atoms with Crippen LogP contribution in [0.3, 0.4) is 0 Å². The van der Waals surface area contributed by atoms with Crippen LogP contribution in [0.5, 0.6) is 0 Å². The number of amides is 1. The minimum absolute atomic E-state index is 0.0271. The number of rotatable bonds is 4. The molecule has 3 heterocycles. The third-order valence-corrected chi connectivity index (χ3v) is 8.63. The van der Waals surface area contributed by atoms with E-state index in [-0.39, 0.29) is 31.3 Å². The van der Waals surface area contributed by atoms with Crippen LogP contribution in [-0.2, 0) is 15.1 Å². The molecule has 1 spiro atoms. The first-order chi connectivity index (χ1) is 16.8. The van der Waals surface area contributed by atoms with Crippen molar-refractivity contribution in [3.63, 3.8) is 0 Å². The summed E-state index contributed by atoms with van der Waals surface area (Å²) in [6.45, 7) is -0.871. The summed E-state index contributed by atoms with van der Waals surface area (Å²) in [6, 6.07) is 6.12. The van der Waals surface area contributed by atoms with Crippen molar-refractivity contribution in [3.8, 4) is 0 Å². The Morgan fingerprint density at radius 3 is 2.44 bits per heavy atom. The van der Waals surface area contributed by atoms with E-state index < -0.39 is 60.4 Å². The predicted molar refractivity (Wildman–Crippen MR) is 132 cm³/mol. The van der Waals surface area contributed by atoms with Crippen LogP contribution in [0.25, 0.3) is 0 Å². The highest BCUT2D eigenvalue weighted by Gasteiger charge is 2.74. The Hall–Kier alpha value is -1.88. The van der Waals surface area contributed by atoms with Gasteiger partial charge < -0.3 is 20.4 Å². The van der Waals surface area contributed by atoms with Gasteiger partial charge in [0.05, 0.1) is 28.2 Å². The second-order valence-corrected chi connectivity index (χ2v) is 11.0. The number of aliphatic hydroxyl groups excluding tert-OH is 1. The maximum atomic E-state index is 14.8. The lowest BCUT2D eigenvalue weighted by Gasteiger charge is -2.37. The molecule has 2 aromatic carbocycles. The molecule has 0 saturated carbocycles. The molecular weight excluding hydrogens is 562 g/mol. The predicted octanol–water partition coefficient (Wildman–Crippen LogP) is 4.94. The molecule has 2 saturated heterocycles. The maximum Gasteiger partial charge on any atom is 0.309 e. The fourth-order valence-corrected chi connectivity index (χ4v) is 6.92. The van der Waals surface area contributed by atoms with Crippen LogP contribution in [0.4, 0.5) is 20.2 Å². The van der Waals surface area contributed by atoms with Gasteiger partial charge in [-0.05, 0) is 24.3 Å². The third-order valence-electron chi connectivity index (χ3n) is 7.39. The van der Waals surface area contributed by atoms with Gasteiger partial charge in [-0.2, -0.15) is 0 Å². The quantitative estimate of drug-likeness (QED) is 0.444. The first-order valence-electron chi connectivity index (χ1n) is 10.8. The molecule has 5 atom stereocenters. The zero-order valence-electron chi connectivity index (χ0n) is 18.5. The fourth-order valence-electron chi connectivity index (χ4n) is 6.04. The van der Waals surface area contributed by atoms with E-state index in [0.717, 1.165) is 0 Å². The van der Waals surface area contributed by atoms with Gasteiger partial charge in [-0.3, -0.25) is 14.5 Å². The van der Waals surface area contributed by atoms with Crippen LogP contribution in [-0.4, -0.2) is 58.8 Å². The van der Waals surface area contributed by atoms with Crippen molar-refractivity contribution in [2.45, 2.75) is 30.2 Å². The van der Waals surface area contributed by atoms with E-state index in [1.807, 2.05) is 0 Å². The van der Waals surface area contributed by atoms with Crippen molar-refractivity contribution in [2.75, 3.05) is 23.8 Å². The molecule has 2 unspecified atom stereocenters. The van der Waals surface area contributed by atoms with E-state index in [4.69, 9.17) is 46.4 Å². The van der Waals surface area contributed by atoms with Gasteiger partial charge in [-0.15, -0.1) is 0 Å². The summed E-state index contributed by atoms with van der Waals surface area (Å²) in [7, 11) is 1.47. The summed E-state index contributed by atoms with van der Waals surface area (Å²) in [6.07, 6.45) is -2.34. The number of halogens is 6. The number of carboxylic acid groups (broad SMARTS) is 1. The molecule has 0 bridgehead atoms. The number of anilines is 2. The van der Waals surface area contributed by atoms with Crippen molar-refractivity contribution in [2.24, 2.45) is 11.8 Å². The lowest BCUT2D eigenvalue weighted by Crippen LogP contribution is -2.54. The van der Waals surface area contributed by atoms with Crippen LogP contribution in [0, 0.1) is 11.8 Å². The van der Waals surface area contributed by atoms with Crippen LogP contribution in [0.1, 0.15) is 12.0 Å². The van der Waals surface area contributed by atoms with E-state index in [0.29, 0.717) is 5.69 Å². The zero-order valence-corrected chi connectivity index (χ0v) is 21.5. The van der Waals surface area contributed by atoms with Crippen molar-refractivity contribution in [1.82, 2.24) is 4.90 Å². The van der Waals surface area contributed by atoms with Crippen molar-refractivity contribution in [3.05, 3.63) is 56.0 Å². The van der Waals surface area contributed by atoms with Crippen LogP contribution in [0.15, 0.2) is 30.3 Å². The molecule has 36 heavy (non-hydrogen) atoms. The third kappa shape index (κ3) is 3.59. The van der Waals surface area contributed by atoms with Gasteiger partial charge in [0.15, 0.2) is 0 Å². The SMILES string of the molecule is CN(c1cc(Cl)cc(Cl)c1)C(O)[C@H]1[C@H]2CC(F)(F)CN2C2(C(=O)Nc3c2ccc(Cl)c3Cl)[C@H]1C(=O)O. The topological polar surface area (TPSA) is 93.1 Å². The van der Waals surface area contributed by atoms with Gasteiger partial charge in [0.2, 0.25) is 0 Å². The normalized spacial score (nSPS) is 29.2. The number of hydrogen-bond acceptors (Lipinski definition) is 5. The van der Waals surface area contributed by atoms with Gasteiger partial charge in [0.25, 0.3) is 11.8 Å². The molecule has 0 aliphatic carbocycles. The number of nitrogens with zero attached hydrogens (tertiary/aromatic N) is 2. The molecule has 0 radical (unpaired) electrons. The maximum absolute atomic E-state index is 14.8. The molecule has 192 valence electrons. The largest absolute Gasteiger partial charge is 0.481 e. The molecule has 3 aliphatic heterocycles. The average molecular weight is 581 g/mol. The Labute approximate surface area is 224 Å². The number of carbonyl (C=O) groups is 2. The summed E-state index contributed by atoms with van der Waals surface area (Å²) in [5.74, 6) is -8.40. The molecular formula is C23H19Cl4F2N3O4. The number of carbonyl (C=O) groups excluding carboxylic acids is 1. The van der Waals surface area contributed by atoms with E-state index in [1.165, 1.54) is 47.2 Å². The monoisotopic (exact) mass is 579 g/mol. The van der Waals surface area contributed by atoms with E-state index >= 15 is 0 Å². The van der Waals surface area contributed by atoms with E-state index in [9.17, 15) is 28.6 Å². The minimum atomic E-state index is -3.23. The van der Waals surface area contributed by atoms with Gasteiger partial charge in [0, 0.05) is 46.7 Å².